The number of hydrogen-bond donors (Lipinski definition) is 2. The molecule has 3 rings (SSSR count). The lowest BCUT2D eigenvalue weighted by molar-refractivity contribution is -0.106. The molecular weight excluding hydrogens is 254 g/mol. The fourth-order valence-electron chi connectivity index (χ4n) is 2.50. The normalized spacial score (nSPS) is 14.8. The minimum absolute atomic E-state index is 0.250. The highest BCUT2D eigenvalue weighted by atomic mass is 16.3. The number of primary amides is 1. The Hall–Kier alpha value is -2.01. The fraction of sp³-hybridized carbons (Fsp3) is 0.400. The number of nitrogens with two attached hydrogens (primary N) is 1. The van der Waals surface area contributed by atoms with Crippen LogP contribution in [0.1, 0.15) is 11.3 Å². The van der Waals surface area contributed by atoms with Crippen LogP contribution in [-0.2, 0) is 4.79 Å². The number of carbonyl (C=O) groups is 1. The molecule has 0 saturated carbocycles. The van der Waals surface area contributed by atoms with E-state index in [1.807, 2.05) is 6.92 Å². The number of nitrogens with one attached hydrogen (secondary N) is 1. The molecule has 1 saturated heterocycles. The maximum atomic E-state index is 8.58. The molecule has 2 heterocycles. The highest BCUT2D eigenvalue weighted by Gasteiger charge is 2.16. The number of nitrogens with zero attached hydrogens (tertiary/aromatic N) is 1. The van der Waals surface area contributed by atoms with Gasteiger partial charge in [0.2, 0.25) is 6.41 Å². The van der Waals surface area contributed by atoms with Crippen molar-refractivity contribution in [3.05, 3.63) is 29.5 Å². The third-order valence-corrected chi connectivity index (χ3v) is 3.64. The molecule has 0 aliphatic carbocycles. The molecule has 2 aromatic rings. The van der Waals surface area contributed by atoms with Crippen LogP contribution in [0.15, 0.2) is 22.6 Å². The lowest BCUT2D eigenvalue weighted by atomic mass is 10.1. The summed E-state index contributed by atoms with van der Waals surface area (Å²) in [5, 5.41) is 4.63. The van der Waals surface area contributed by atoms with E-state index in [0.29, 0.717) is 0 Å². The van der Waals surface area contributed by atoms with Crippen LogP contribution in [0, 0.1) is 13.8 Å². The number of aryl methyl sites for hydroxylation is 2. The van der Waals surface area contributed by atoms with Crippen LogP contribution in [0.5, 0.6) is 0 Å². The number of piperazine rings is 1. The van der Waals surface area contributed by atoms with Crippen LogP contribution in [0.25, 0.3) is 11.0 Å². The van der Waals surface area contributed by atoms with Gasteiger partial charge in [-0.25, -0.2) is 0 Å². The summed E-state index contributed by atoms with van der Waals surface area (Å²) in [5.41, 5.74) is 7.71. The molecule has 1 aliphatic rings. The summed E-state index contributed by atoms with van der Waals surface area (Å²) < 4.78 is 5.92. The Bertz CT molecular complexity index is 586. The van der Waals surface area contributed by atoms with Crippen molar-refractivity contribution in [3.63, 3.8) is 0 Å². The number of furan rings is 1. The van der Waals surface area contributed by atoms with E-state index in [9.17, 15) is 0 Å². The first-order chi connectivity index (χ1) is 9.69. The van der Waals surface area contributed by atoms with Crippen molar-refractivity contribution < 1.29 is 9.21 Å². The molecule has 1 fully saturated rings. The average molecular weight is 275 g/mol. The molecule has 5 nitrogen and oxygen atoms in total. The predicted molar refractivity (Wildman–Crippen MR) is 81.0 cm³/mol. The van der Waals surface area contributed by atoms with Crippen LogP contribution in [0.4, 0.5) is 5.69 Å². The largest absolute Gasteiger partial charge is 0.459 e. The number of para-hydroxylation sites is 1. The van der Waals surface area contributed by atoms with Gasteiger partial charge < -0.3 is 20.4 Å². The summed E-state index contributed by atoms with van der Waals surface area (Å²) in [7, 11) is 0. The van der Waals surface area contributed by atoms with Crippen molar-refractivity contribution in [1.29, 1.82) is 0 Å². The standard InChI is InChI=1S/C14H18N2O.CH3NO/c1-10-11(2)17-14-12(10)4-3-5-13(14)16-8-6-15-7-9-16;2-1-3/h3-5,15H,6-9H2,1-2H3;1H,(H2,2,3). The van der Waals surface area contributed by atoms with Gasteiger partial charge in [-0.3, -0.25) is 4.79 Å². The van der Waals surface area contributed by atoms with E-state index in [2.05, 4.69) is 41.1 Å². The summed E-state index contributed by atoms with van der Waals surface area (Å²) in [6, 6.07) is 6.44. The van der Waals surface area contributed by atoms with Crippen molar-refractivity contribution in [2.24, 2.45) is 5.73 Å². The molecule has 5 heteroatoms. The molecular formula is C15H21N3O2. The second-order valence-corrected chi connectivity index (χ2v) is 4.81. The molecule has 108 valence electrons. The maximum Gasteiger partial charge on any atom is 0.204 e. The minimum Gasteiger partial charge on any atom is -0.459 e. The Morgan fingerprint density at radius 1 is 1.30 bits per heavy atom. The summed E-state index contributed by atoms with van der Waals surface area (Å²) >= 11 is 0. The van der Waals surface area contributed by atoms with Crippen LogP contribution in [0.2, 0.25) is 0 Å². The van der Waals surface area contributed by atoms with Crippen LogP contribution in [-0.4, -0.2) is 32.6 Å². The van der Waals surface area contributed by atoms with Crippen molar-refractivity contribution in [3.8, 4) is 0 Å². The van der Waals surface area contributed by atoms with E-state index in [1.54, 1.807) is 0 Å². The minimum atomic E-state index is 0.250. The third-order valence-electron chi connectivity index (χ3n) is 3.64. The maximum absolute atomic E-state index is 8.58. The molecule has 0 radical (unpaired) electrons. The van der Waals surface area contributed by atoms with Crippen LogP contribution >= 0.6 is 0 Å². The van der Waals surface area contributed by atoms with E-state index in [4.69, 9.17) is 9.21 Å². The van der Waals surface area contributed by atoms with Crippen molar-refractivity contribution in [2.75, 3.05) is 31.1 Å². The SMILES string of the molecule is Cc1oc2c(N3CCNCC3)cccc2c1C.NC=O. The summed E-state index contributed by atoms with van der Waals surface area (Å²) in [6.07, 6.45) is 0.250. The van der Waals surface area contributed by atoms with Gasteiger partial charge in [0.15, 0.2) is 5.58 Å². The molecule has 1 aliphatic heterocycles. The second-order valence-electron chi connectivity index (χ2n) is 4.81. The monoisotopic (exact) mass is 275 g/mol. The topological polar surface area (TPSA) is 71.5 Å². The average Bonchev–Trinajstić information content (AvgIpc) is 2.76. The van der Waals surface area contributed by atoms with Gasteiger partial charge in [0, 0.05) is 31.6 Å². The predicted octanol–water partition coefficient (Wildman–Crippen LogP) is 1.56. The molecule has 1 aromatic heterocycles. The molecule has 20 heavy (non-hydrogen) atoms. The highest BCUT2D eigenvalue weighted by molar-refractivity contribution is 5.92. The molecule has 1 aromatic carbocycles. The fourth-order valence-corrected chi connectivity index (χ4v) is 2.50. The summed E-state index contributed by atoms with van der Waals surface area (Å²) in [4.78, 5) is 11.0. The van der Waals surface area contributed by atoms with Crippen molar-refractivity contribution >= 4 is 23.1 Å². The van der Waals surface area contributed by atoms with Crippen LogP contribution < -0.4 is 16.0 Å². The molecule has 3 N–H and O–H groups in total. The Morgan fingerprint density at radius 3 is 2.60 bits per heavy atom. The van der Waals surface area contributed by atoms with E-state index in [1.165, 1.54) is 16.6 Å². The van der Waals surface area contributed by atoms with Gasteiger partial charge in [0.1, 0.15) is 5.76 Å². The number of anilines is 1. The van der Waals surface area contributed by atoms with Gasteiger partial charge in [0.25, 0.3) is 0 Å². The number of carbonyl (C=O) groups excluding carboxylic acids is 1. The second kappa shape index (κ2) is 6.43. The zero-order valence-electron chi connectivity index (χ0n) is 12.0. The molecule has 0 bridgehead atoms. The first-order valence-corrected chi connectivity index (χ1v) is 6.78. The van der Waals surface area contributed by atoms with Gasteiger partial charge in [-0.15, -0.1) is 0 Å². The summed E-state index contributed by atoms with van der Waals surface area (Å²) in [5.74, 6) is 1.03. The number of hydrogen-bond acceptors (Lipinski definition) is 4. The first kappa shape index (κ1) is 14.4. The Balaban J connectivity index is 0.000000452. The molecule has 1 amide bonds. The van der Waals surface area contributed by atoms with E-state index in [0.717, 1.165) is 37.5 Å². The van der Waals surface area contributed by atoms with Gasteiger partial charge in [-0.1, -0.05) is 12.1 Å². The van der Waals surface area contributed by atoms with Crippen LogP contribution in [0.3, 0.4) is 0 Å². The Morgan fingerprint density at radius 2 is 1.95 bits per heavy atom. The molecule has 0 unspecified atom stereocenters. The number of rotatable bonds is 1. The van der Waals surface area contributed by atoms with Gasteiger partial charge in [-0.2, -0.15) is 0 Å². The number of fused-ring (bicyclic) bond motifs is 1. The number of amides is 1. The van der Waals surface area contributed by atoms with Gasteiger partial charge in [0.05, 0.1) is 5.69 Å². The molecule has 0 atom stereocenters. The van der Waals surface area contributed by atoms with E-state index < -0.39 is 0 Å². The highest BCUT2D eigenvalue weighted by Crippen LogP contribution is 2.32. The number of benzene rings is 1. The Kier molecular flexibility index (Phi) is 4.63. The van der Waals surface area contributed by atoms with Crippen molar-refractivity contribution in [2.45, 2.75) is 13.8 Å². The molecule has 0 spiro atoms. The lowest BCUT2D eigenvalue weighted by Gasteiger charge is -2.29. The first-order valence-electron chi connectivity index (χ1n) is 6.78. The third kappa shape index (κ3) is 2.77. The zero-order valence-corrected chi connectivity index (χ0v) is 12.0. The zero-order chi connectivity index (χ0) is 14.5. The van der Waals surface area contributed by atoms with E-state index in [-0.39, 0.29) is 6.41 Å². The summed E-state index contributed by atoms with van der Waals surface area (Å²) in [6.45, 7) is 8.37. The van der Waals surface area contributed by atoms with Gasteiger partial charge >= 0.3 is 0 Å². The smallest absolute Gasteiger partial charge is 0.204 e. The van der Waals surface area contributed by atoms with Crippen molar-refractivity contribution in [1.82, 2.24) is 5.32 Å². The van der Waals surface area contributed by atoms with Gasteiger partial charge in [-0.05, 0) is 25.5 Å². The van der Waals surface area contributed by atoms with E-state index >= 15 is 0 Å². The quantitative estimate of drug-likeness (QED) is 0.775. The Labute approximate surface area is 118 Å². The lowest BCUT2D eigenvalue weighted by Crippen LogP contribution is -2.43.